The molecule has 128 valence electrons. The van der Waals surface area contributed by atoms with Crippen molar-refractivity contribution < 1.29 is 5.11 Å². The predicted molar refractivity (Wildman–Crippen MR) is 97.9 cm³/mol. The van der Waals surface area contributed by atoms with Crippen LogP contribution in [0.15, 0.2) is 41.5 Å². The molecule has 3 rings (SSSR count). The van der Waals surface area contributed by atoms with Gasteiger partial charge >= 0.3 is 0 Å². The molecule has 0 saturated heterocycles. The lowest BCUT2D eigenvalue weighted by Crippen LogP contribution is -2.41. The minimum absolute atomic E-state index is 0.176. The van der Waals surface area contributed by atoms with E-state index in [9.17, 15) is 5.11 Å². The summed E-state index contributed by atoms with van der Waals surface area (Å²) in [4.78, 5) is 9.10. The van der Waals surface area contributed by atoms with Gasteiger partial charge in [0.2, 0.25) is 0 Å². The van der Waals surface area contributed by atoms with E-state index in [1.54, 1.807) is 0 Å². The number of rotatable bonds is 5. The van der Waals surface area contributed by atoms with Gasteiger partial charge in [-0.2, -0.15) is 0 Å². The SMILES string of the molecule is CCNC(=NCc1ccnc2ccccc12)NCC1CCCC1O. The monoisotopic (exact) mass is 326 g/mol. The average Bonchev–Trinajstić information content (AvgIpc) is 3.02. The van der Waals surface area contributed by atoms with Crippen LogP contribution in [0.25, 0.3) is 10.9 Å². The van der Waals surface area contributed by atoms with Crippen LogP contribution in [0, 0.1) is 5.92 Å². The summed E-state index contributed by atoms with van der Waals surface area (Å²) in [5, 5.41) is 17.8. The zero-order valence-electron chi connectivity index (χ0n) is 14.2. The quantitative estimate of drug-likeness (QED) is 0.583. The summed E-state index contributed by atoms with van der Waals surface area (Å²) >= 11 is 0. The molecule has 0 amide bonds. The number of benzene rings is 1. The molecule has 2 unspecified atom stereocenters. The van der Waals surface area contributed by atoms with Crippen LogP contribution in [0.5, 0.6) is 0 Å². The number of nitrogens with zero attached hydrogens (tertiary/aromatic N) is 2. The number of fused-ring (bicyclic) bond motifs is 1. The highest BCUT2D eigenvalue weighted by Crippen LogP contribution is 2.24. The number of aliphatic hydroxyl groups excluding tert-OH is 1. The van der Waals surface area contributed by atoms with Gasteiger partial charge in [0.25, 0.3) is 0 Å². The molecule has 1 aliphatic rings. The number of hydrogen-bond acceptors (Lipinski definition) is 3. The van der Waals surface area contributed by atoms with Crippen LogP contribution < -0.4 is 10.6 Å². The fraction of sp³-hybridized carbons (Fsp3) is 0.474. The van der Waals surface area contributed by atoms with E-state index in [1.807, 2.05) is 30.5 Å². The van der Waals surface area contributed by atoms with Gasteiger partial charge in [-0.15, -0.1) is 0 Å². The highest BCUT2D eigenvalue weighted by Gasteiger charge is 2.24. The summed E-state index contributed by atoms with van der Waals surface area (Å²) in [5.74, 6) is 1.13. The van der Waals surface area contributed by atoms with Crippen LogP contribution in [0.4, 0.5) is 0 Å². The first-order valence-electron chi connectivity index (χ1n) is 8.81. The van der Waals surface area contributed by atoms with E-state index >= 15 is 0 Å². The molecule has 2 aromatic rings. The topological polar surface area (TPSA) is 69.5 Å². The number of hydrogen-bond donors (Lipinski definition) is 3. The molecule has 1 fully saturated rings. The first kappa shape index (κ1) is 16.7. The summed E-state index contributed by atoms with van der Waals surface area (Å²) in [6.07, 6.45) is 4.78. The second-order valence-corrected chi connectivity index (χ2v) is 6.32. The van der Waals surface area contributed by atoms with Gasteiger partial charge in [0, 0.05) is 30.6 Å². The average molecular weight is 326 g/mol. The van der Waals surface area contributed by atoms with E-state index in [1.165, 1.54) is 5.56 Å². The van der Waals surface area contributed by atoms with Crippen molar-refractivity contribution in [1.82, 2.24) is 15.6 Å². The van der Waals surface area contributed by atoms with Gasteiger partial charge in [-0.1, -0.05) is 24.6 Å². The molecular weight excluding hydrogens is 300 g/mol. The molecule has 1 heterocycles. The zero-order chi connectivity index (χ0) is 16.8. The highest BCUT2D eigenvalue weighted by molar-refractivity contribution is 5.83. The largest absolute Gasteiger partial charge is 0.393 e. The molecule has 1 aromatic heterocycles. The van der Waals surface area contributed by atoms with Crippen molar-refractivity contribution in [3.8, 4) is 0 Å². The number of aliphatic hydroxyl groups is 1. The van der Waals surface area contributed by atoms with Gasteiger partial charge in [-0.05, 0) is 37.5 Å². The van der Waals surface area contributed by atoms with Crippen molar-refractivity contribution in [2.75, 3.05) is 13.1 Å². The Balaban J connectivity index is 1.68. The molecule has 0 bridgehead atoms. The van der Waals surface area contributed by atoms with Crippen LogP contribution in [0.1, 0.15) is 31.7 Å². The van der Waals surface area contributed by atoms with Crippen LogP contribution in [0.3, 0.4) is 0 Å². The van der Waals surface area contributed by atoms with Crippen molar-refractivity contribution >= 4 is 16.9 Å². The van der Waals surface area contributed by atoms with E-state index in [-0.39, 0.29) is 6.10 Å². The number of guanidine groups is 1. The van der Waals surface area contributed by atoms with E-state index in [0.29, 0.717) is 12.5 Å². The maximum absolute atomic E-state index is 9.95. The lowest BCUT2D eigenvalue weighted by molar-refractivity contribution is 0.134. The first-order valence-corrected chi connectivity index (χ1v) is 8.81. The van der Waals surface area contributed by atoms with Crippen molar-refractivity contribution in [2.24, 2.45) is 10.9 Å². The maximum Gasteiger partial charge on any atom is 0.191 e. The normalized spacial score (nSPS) is 21.2. The van der Waals surface area contributed by atoms with Crippen LogP contribution in [-0.2, 0) is 6.54 Å². The zero-order valence-corrected chi connectivity index (χ0v) is 14.2. The third-order valence-corrected chi connectivity index (χ3v) is 4.64. The molecule has 24 heavy (non-hydrogen) atoms. The smallest absolute Gasteiger partial charge is 0.191 e. The third kappa shape index (κ3) is 4.03. The van der Waals surface area contributed by atoms with Gasteiger partial charge in [-0.25, -0.2) is 4.99 Å². The molecule has 0 spiro atoms. The van der Waals surface area contributed by atoms with Crippen molar-refractivity contribution in [3.63, 3.8) is 0 Å². The Morgan fingerprint density at radius 2 is 2.12 bits per heavy atom. The molecule has 5 nitrogen and oxygen atoms in total. The lowest BCUT2D eigenvalue weighted by atomic mass is 10.1. The van der Waals surface area contributed by atoms with Crippen LogP contribution in [-0.4, -0.2) is 35.2 Å². The minimum atomic E-state index is -0.176. The molecule has 0 radical (unpaired) electrons. The number of pyridine rings is 1. The van der Waals surface area contributed by atoms with Crippen molar-refractivity contribution in [1.29, 1.82) is 0 Å². The molecule has 1 aromatic carbocycles. The Hall–Kier alpha value is -2.14. The molecule has 3 N–H and O–H groups in total. The standard InChI is InChI=1S/C19H26N4O/c1-2-20-19(23-13-15-6-5-9-18(15)24)22-12-14-10-11-21-17-8-4-3-7-16(14)17/h3-4,7-8,10-11,15,18,24H,2,5-6,9,12-13H2,1H3,(H2,20,22,23). The summed E-state index contributed by atoms with van der Waals surface area (Å²) in [7, 11) is 0. The predicted octanol–water partition coefficient (Wildman–Crippen LogP) is 2.45. The highest BCUT2D eigenvalue weighted by atomic mass is 16.3. The first-order chi connectivity index (χ1) is 11.8. The van der Waals surface area contributed by atoms with Crippen LogP contribution >= 0.6 is 0 Å². The lowest BCUT2D eigenvalue weighted by Gasteiger charge is -2.17. The number of aliphatic imine (C=N–C) groups is 1. The van der Waals surface area contributed by atoms with Gasteiger partial charge in [-0.3, -0.25) is 4.98 Å². The van der Waals surface area contributed by atoms with E-state index in [0.717, 1.165) is 49.2 Å². The fourth-order valence-electron chi connectivity index (χ4n) is 3.28. The third-order valence-electron chi connectivity index (χ3n) is 4.64. The molecule has 5 heteroatoms. The number of para-hydroxylation sites is 1. The van der Waals surface area contributed by atoms with Gasteiger partial charge < -0.3 is 15.7 Å². The van der Waals surface area contributed by atoms with Gasteiger partial charge in [0.15, 0.2) is 5.96 Å². The minimum Gasteiger partial charge on any atom is -0.393 e. The molecule has 2 atom stereocenters. The van der Waals surface area contributed by atoms with E-state index < -0.39 is 0 Å². The Morgan fingerprint density at radius 1 is 1.25 bits per heavy atom. The molecular formula is C19H26N4O. The molecule has 0 aliphatic heterocycles. The van der Waals surface area contributed by atoms with E-state index in [4.69, 9.17) is 4.99 Å². The number of nitrogens with one attached hydrogen (secondary N) is 2. The Labute approximate surface area is 143 Å². The van der Waals surface area contributed by atoms with Gasteiger partial charge in [0.1, 0.15) is 0 Å². The summed E-state index contributed by atoms with van der Waals surface area (Å²) in [6, 6.07) is 10.2. The fourth-order valence-corrected chi connectivity index (χ4v) is 3.28. The second-order valence-electron chi connectivity index (χ2n) is 6.32. The van der Waals surface area contributed by atoms with Crippen molar-refractivity contribution in [2.45, 2.75) is 38.8 Å². The van der Waals surface area contributed by atoms with Crippen molar-refractivity contribution in [3.05, 3.63) is 42.1 Å². The summed E-state index contributed by atoms with van der Waals surface area (Å²) in [5.41, 5.74) is 2.16. The Kier molecular flexibility index (Phi) is 5.64. The number of aromatic nitrogens is 1. The van der Waals surface area contributed by atoms with E-state index in [2.05, 4.69) is 28.6 Å². The maximum atomic E-state index is 9.95. The van der Waals surface area contributed by atoms with Gasteiger partial charge in [0.05, 0.1) is 18.2 Å². The summed E-state index contributed by atoms with van der Waals surface area (Å²) in [6.45, 7) is 4.25. The Bertz CT molecular complexity index is 695. The van der Waals surface area contributed by atoms with Crippen LogP contribution in [0.2, 0.25) is 0 Å². The Morgan fingerprint density at radius 3 is 2.92 bits per heavy atom. The summed E-state index contributed by atoms with van der Waals surface area (Å²) < 4.78 is 0. The molecule has 1 aliphatic carbocycles. The second kappa shape index (κ2) is 8.11. The molecule has 1 saturated carbocycles.